The summed E-state index contributed by atoms with van der Waals surface area (Å²) in [5.74, 6) is -1.20. The monoisotopic (exact) mass is 246 g/mol. The molecule has 1 aromatic heterocycles. The van der Waals surface area contributed by atoms with E-state index in [-0.39, 0.29) is 17.2 Å². The van der Waals surface area contributed by atoms with Gasteiger partial charge in [-0.15, -0.1) is 0 Å². The van der Waals surface area contributed by atoms with E-state index < -0.39 is 5.97 Å². The van der Waals surface area contributed by atoms with Crippen LogP contribution < -0.4 is 0 Å². The average Bonchev–Trinajstić information content (AvgIpc) is 2.38. The van der Waals surface area contributed by atoms with Crippen molar-refractivity contribution in [1.82, 2.24) is 9.88 Å². The molecule has 0 saturated heterocycles. The Morgan fingerprint density at radius 2 is 2.17 bits per heavy atom. The van der Waals surface area contributed by atoms with Crippen molar-refractivity contribution in [2.45, 2.75) is 13.3 Å². The summed E-state index contributed by atoms with van der Waals surface area (Å²) in [6.07, 6.45) is 4.18. The van der Waals surface area contributed by atoms with Gasteiger partial charge in [-0.3, -0.25) is 9.78 Å². The van der Waals surface area contributed by atoms with Crippen LogP contribution in [0.4, 0.5) is 0 Å². The first-order chi connectivity index (χ1) is 8.58. The van der Waals surface area contributed by atoms with Crippen molar-refractivity contribution in [3.8, 4) is 0 Å². The number of carboxylic acids is 1. The Morgan fingerprint density at radius 3 is 2.72 bits per heavy atom. The smallest absolute Gasteiger partial charge is 0.337 e. The van der Waals surface area contributed by atoms with Gasteiger partial charge in [0.1, 0.15) is 5.69 Å². The molecular weight excluding hydrogens is 232 g/mol. The fourth-order valence-corrected chi connectivity index (χ4v) is 1.89. The number of aromatic carboxylic acids is 1. The van der Waals surface area contributed by atoms with Crippen molar-refractivity contribution in [3.05, 3.63) is 41.2 Å². The zero-order chi connectivity index (χ0) is 13.1. The van der Waals surface area contributed by atoms with Gasteiger partial charge in [0.25, 0.3) is 5.91 Å². The molecule has 5 heteroatoms. The van der Waals surface area contributed by atoms with E-state index >= 15 is 0 Å². The molecule has 2 rings (SSSR count). The second-order valence-corrected chi connectivity index (χ2v) is 4.30. The lowest BCUT2D eigenvalue weighted by Gasteiger charge is -2.25. The predicted molar refractivity (Wildman–Crippen MR) is 65.5 cm³/mol. The van der Waals surface area contributed by atoms with Crippen molar-refractivity contribution < 1.29 is 14.7 Å². The lowest BCUT2D eigenvalue weighted by atomic mass is 10.1. The largest absolute Gasteiger partial charge is 0.478 e. The van der Waals surface area contributed by atoms with Crippen LogP contribution in [-0.2, 0) is 0 Å². The maximum absolute atomic E-state index is 12.1. The van der Waals surface area contributed by atoms with E-state index in [4.69, 9.17) is 5.11 Å². The molecule has 94 valence electrons. The van der Waals surface area contributed by atoms with Crippen LogP contribution in [0.25, 0.3) is 0 Å². The van der Waals surface area contributed by atoms with E-state index in [1.165, 1.54) is 18.3 Å². The number of rotatable bonds is 2. The van der Waals surface area contributed by atoms with Crippen molar-refractivity contribution in [2.75, 3.05) is 13.1 Å². The first kappa shape index (κ1) is 12.3. The third-order valence-electron chi connectivity index (χ3n) is 2.85. The van der Waals surface area contributed by atoms with Gasteiger partial charge in [-0.25, -0.2) is 4.79 Å². The molecule has 1 N–H and O–H groups in total. The number of pyridine rings is 1. The molecule has 0 atom stereocenters. The van der Waals surface area contributed by atoms with E-state index in [1.54, 1.807) is 4.90 Å². The van der Waals surface area contributed by atoms with Crippen LogP contribution in [0.15, 0.2) is 30.0 Å². The Hall–Kier alpha value is -2.17. The summed E-state index contributed by atoms with van der Waals surface area (Å²) in [6, 6.07) is 2.86. The molecule has 1 aromatic rings. The van der Waals surface area contributed by atoms with Gasteiger partial charge in [0.05, 0.1) is 5.56 Å². The summed E-state index contributed by atoms with van der Waals surface area (Å²) < 4.78 is 0. The van der Waals surface area contributed by atoms with Crippen molar-refractivity contribution >= 4 is 11.9 Å². The molecular formula is C13H14N2O3. The fourth-order valence-electron chi connectivity index (χ4n) is 1.89. The highest BCUT2D eigenvalue weighted by molar-refractivity contribution is 5.94. The summed E-state index contributed by atoms with van der Waals surface area (Å²) in [7, 11) is 0. The zero-order valence-electron chi connectivity index (χ0n) is 10.1. The first-order valence-corrected chi connectivity index (χ1v) is 5.72. The number of amides is 1. The maximum atomic E-state index is 12.1. The lowest BCUT2D eigenvalue weighted by Crippen LogP contribution is -2.35. The molecule has 0 bridgehead atoms. The molecule has 0 unspecified atom stereocenters. The van der Waals surface area contributed by atoms with Crippen LogP contribution in [0.5, 0.6) is 0 Å². The second-order valence-electron chi connectivity index (χ2n) is 4.30. The molecule has 2 heterocycles. The molecule has 18 heavy (non-hydrogen) atoms. The molecule has 5 nitrogen and oxygen atoms in total. The van der Waals surface area contributed by atoms with Crippen LogP contribution in [0, 0.1) is 0 Å². The van der Waals surface area contributed by atoms with Gasteiger partial charge < -0.3 is 10.0 Å². The average molecular weight is 246 g/mol. The number of hydrogen-bond acceptors (Lipinski definition) is 3. The Kier molecular flexibility index (Phi) is 3.41. The van der Waals surface area contributed by atoms with Crippen LogP contribution in [0.3, 0.4) is 0 Å². The Balaban J connectivity index is 2.14. The SMILES string of the molecule is CC1=CCCN(C(=O)c2ccc(C(=O)O)cn2)C1. The van der Waals surface area contributed by atoms with Crippen LogP contribution in [0.1, 0.15) is 34.2 Å². The van der Waals surface area contributed by atoms with Crippen molar-refractivity contribution in [2.24, 2.45) is 0 Å². The molecule has 0 radical (unpaired) electrons. The minimum atomic E-state index is -1.04. The highest BCUT2D eigenvalue weighted by Gasteiger charge is 2.19. The first-order valence-electron chi connectivity index (χ1n) is 5.72. The summed E-state index contributed by atoms with van der Waals surface area (Å²) in [4.78, 5) is 28.4. The quantitative estimate of drug-likeness (QED) is 0.804. The number of nitrogens with zero attached hydrogens (tertiary/aromatic N) is 2. The van der Waals surface area contributed by atoms with Crippen LogP contribution >= 0.6 is 0 Å². The normalized spacial score (nSPS) is 15.2. The van der Waals surface area contributed by atoms with E-state index in [1.807, 2.05) is 6.92 Å². The Morgan fingerprint density at radius 1 is 1.39 bits per heavy atom. The minimum absolute atomic E-state index is 0.0845. The molecule has 1 aliphatic heterocycles. The van der Waals surface area contributed by atoms with Gasteiger partial charge in [-0.2, -0.15) is 0 Å². The molecule has 0 fully saturated rings. The molecule has 0 spiro atoms. The van der Waals surface area contributed by atoms with Crippen LogP contribution in [0.2, 0.25) is 0 Å². The number of carbonyl (C=O) groups is 2. The Labute approximate surface area is 105 Å². The zero-order valence-corrected chi connectivity index (χ0v) is 10.1. The van der Waals surface area contributed by atoms with Gasteiger partial charge >= 0.3 is 5.97 Å². The topological polar surface area (TPSA) is 70.5 Å². The third kappa shape index (κ3) is 2.56. The maximum Gasteiger partial charge on any atom is 0.337 e. The highest BCUT2D eigenvalue weighted by atomic mass is 16.4. The Bertz CT molecular complexity index is 505. The number of carbonyl (C=O) groups excluding carboxylic acids is 1. The second kappa shape index (κ2) is 5.00. The number of carboxylic acid groups (broad SMARTS) is 1. The minimum Gasteiger partial charge on any atom is -0.478 e. The fraction of sp³-hybridized carbons (Fsp3) is 0.308. The van der Waals surface area contributed by atoms with Crippen molar-refractivity contribution in [1.29, 1.82) is 0 Å². The van der Waals surface area contributed by atoms with E-state index in [0.29, 0.717) is 13.1 Å². The van der Waals surface area contributed by atoms with Crippen molar-refractivity contribution in [3.63, 3.8) is 0 Å². The van der Waals surface area contributed by atoms with E-state index in [2.05, 4.69) is 11.1 Å². The molecule has 1 amide bonds. The summed E-state index contributed by atoms with van der Waals surface area (Å²) >= 11 is 0. The van der Waals surface area contributed by atoms with Gasteiger partial charge in [0.15, 0.2) is 0 Å². The summed E-state index contributed by atoms with van der Waals surface area (Å²) in [6.45, 7) is 3.28. The summed E-state index contributed by atoms with van der Waals surface area (Å²) in [5, 5.41) is 8.75. The highest BCUT2D eigenvalue weighted by Crippen LogP contribution is 2.12. The number of aromatic nitrogens is 1. The molecule has 0 saturated carbocycles. The predicted octanol–water partition coefficient (Wildman–Crippen LogP) is 1.57. The lowest BCUT2D eigenvalue weighted by molar-refractivity contribution is 0.0693. The van der Waals surface area contributed by atoms with Crippen LogP contribution in [-0.4, -0.2) is 40.0 Å². The van der Waals surface area contributed by atoms with Gasteiger partial charge in [-0.05, 0) is 25.5 Å². The van der Waals surface area contributed by atoms with Gasteiger partial charge in [-0.1, -0.05) is 11.6 Å². The number of hydrogen-bond donors (Lipinski definition) is 1. The van der Waals surface area contributed by atoms with E-state index in [0.717, 1.165) is 12.0 Å². The molecule has 1 aliphatic rings. The van der Waals surface area contributed by atoms with Gasteiger partial charge in [0.2, 0.25) is 0 Å². The molecule has 0 aromatic carbocycles. The van der Waals surface area contributed by atoms with Gasteiger partial charge in [0, 0.05) is 19.3 Å². The third-order valence-corrected chi connectivity index (χ3v) is 2.85. The van der Waals surface area contributed by atoms with E-state index in [9.17, 15) is 9.59 Å². The standard InChI is InChI=1S/C13H14N2O3/c1-9-3-2-6-15(8-9)12(16)11-5-4-10(7-14-11)13(17)18/h3-5,7H,2,6,8H2,1H3,(H,17,18). The molecule has 0 aliphatic carbocycles. The summed E-state index contributed by atoms with van der Waals surface area (Å²) in [5.41, 5.74) is 1.53.